The number of imidazole rings is 1. The van der Waals surface area contributed by atoms with Gasteiger partial charge in [-0.1, -0.05) is 55.5 Å². The summed E-state index contributed by atoms with van der Waals surface area (Å²) in [6.07, 6.45) is 4.24. The number of carbonyl (C=O) groups excluding carboxylic acids is 1. The predicted molar refractivity (Wildman–Crippen MR) is 124 cm³/mol. The molecule has 31 heavy (non-hydrogen) atoms. The molecule has 0 saturated carbocycles. The van der Waals surface area contributed by atoms with Gasteiger partial charge < -0.3 is 14.8 Å². The summed E-state index contributed by atoms with van der Waals surface area (Å²) in [5, 5.41) is 0. The fraction of sp³-hybridized carbons (Fsp3) is 0.320. The molecule has 1 atom stereocenters. The van der Waals surface area contributed by atoms with Gasteiger partial charge in [-0.15, -0.1) is 0 Å². The van der Waals surface area contributed by atoms with Crippen molar-refractivity contribution in [2.45, 2.75) is 25.7 Å². The molecule has 1 fully saturated rings. The summed E-state index contributed by atoms with van der Waals surface area (Å²) in [4.78, 5) is 29.8. The van der Waals surface area contributed by atoms with Crippen LogP contribution in [0.1, 0.15) is 52.9 Å². The van der Waals surface area contributed by atoms with E-state index in [2.05, 4.69) is 21.8 Å². The number of nitrogens with one attached hydrogen (secondary N) is 1. The van der Waals surface area contributed by atoms with Gasteiger partial charge in [-0.25, -0.2) is 4.98 Å². The number of carbonyl (C=O) groups is 1. The minimum atomic E-state index is 0.0331. The molecular weight excluding hydrogens is 386 g/mol. The van der Waals surface area contributed by atoms with Crippen molar-refractivity contribution in [3.63, 3.8) is 0 Å². The second-order valence-corrected chi connectivity index (χ2v) is 8.20. The maximum atomic E-state index is 12.8. The van der Waals surface area contributed by atoms with Crippen molar-refractivity contribution >= 4 is 17.7 Å². The van der Waals surface area contributed by atoms with Gasteiger partial charge in [0.25, 0.3) is 0 Å². The number of nitrogens with zero attached hydrogens (tertiary/aromatic N) is 4. The lowest BCUT2D eigenvalue weighted by Gasteiger charge is -2.25. The molecule has 1 aliphatic heterocycles. The lowest BCUT2D eigenvalue weighted by atomic mass is 9.94. The van der Waals surface area contributed by atoms with Crippen LogP contribution in [0.4, 0.5) is 5.95 Å². The maximum Gasteiger partial charge on any atom is 0.230 e. The minimum Gasteiger partial charge on any atom is -0.349 e. The van der Waals surface area contributed by atoms with Crippen LogP contribution in [-0.4, -0.2) is 58.7 Å². The van der Waals surface area contributed by atoms with E-state index < -0.39 is 0 Å². The zero-order valence-corrected chi connectivity index (χ0v) is 18.4. The molecule has 2 heterocycles. The summed E-state index contributed by atoms with van der Waals surface area (Å²) >= 11 is 0. The van der Waals surface area contributed by atoms with Gasteiger partial charge in [0.1, 0.15) is 0 Å². The molecule has 6 heteroatoms. The number of H-pyrrole nitrogens is 1. The van der Waals surface area contributed by atoms with E-state index >= 15 is 0 Å². The Morgan fingerprint density at radius 3 is 2.48 bits per heavy atom. The quantitative estimate of drug-likeness (QED) is 0.380. The van der Waals surface area contributed by atoms with Gasteiger partial charge in [0, 0.05) is 49.9 Å². The molecule has 2 aromatic carbocycles. The monoisotopic (exact) mass is 415 g/mol. The summed E-state index contributed by atoms with van der Waals surface area (Å²) in [6.45, 7) is 4.17. The van der Waals surface area contributed by atoms with Crippen molar-refractivity contribution in [3.05, 3.63) is 83.2 Å². The number of aromatic nitrogens is 2. The second-order valence-electron chi connectivity index (χ2n) is 8.20. The fourth-order valence-corrected chi connectivity index (χ4v) is 3.95. The molecule has 160 valence electrons. The number of aromatic amines is 1. The molecule has 0 aliphatic carbocycles. The van der Waals surface area contributed by atoms with Crippen molar-refractivity contribution < 1.29 is 4.79 Å². The molecule has 1 unspecified atom stereocenters. The molecule has 0 bridgehead atoms. The number of rotatable bonds is 5. The van der Waals surface area contributed by atoms with Gasteiger partial charge in [0.2, 0.25) is 11.9 Å². The van der Waals surface area contributed by atoms with Crippen LogP contribution in [0.25, 0.3) is 0 Å². The summed E-state index contributed by atoms with van der Waals surface area (Å²) in [7, 11) is 4.03. The summed E-state index contributed by atoms with van der Waals surface area (Å²) < 4.78 is 0. The van der Waals surface area contributed by atoms with E-state index in [-0.39, 0.29) is 11.7 Å². The van der Waals surface area contributed by atoms with Crippen LogP contribution in [0, 0.1) is 0 Å². The Labute approximate surface area is 183 Å². The van der Waals surface area contributed by atoms with E-state index in [1.165, 1.54) is 12.8 Å². The fourth-order valence-electron chi connectivity index (χ4n) is 3.95. The Kier molecular flexibility index (Phi) is 6.16. The van der Waals surface area contributed by atoms with Gasteiger partial charge in [-0.05, 0) is 24.5 Å². The van der Waals surface area contributed by atoms with Crippen LogP contribution in [0.5, 0.6) is 0 Å². The topological polar surface area (TPSA) is 64.6 Å². The molecule has 1 saturated heterocycles. The molecule has 3 aromatic rings. The average Bonchev–Trinajstić information content (AvgIpc) is 3.49. The van der Waals surface area contributed by atoms with Crippen molar-refractivity contribution in [1.82, 2.24) is 19.8 Å². The van der Waals surface area contributed by atoms with E-state index in [0.29, 0.717) is 17.1 Å². The maximum absolute atomic E-state index is 12.8. The third kappa shape index (κ3) is 4.68. The highest BCUT2D eigenvalue weighted by Crippen LogP contribution is 2.26. The number of aliphatic imine (C=N–C) groups is 1. The van der Waals surface area contributed by atoms with Gasteiger partial charge in [0.05, 0.1) is 6.20 Å². The minimum absolute atomic E-state index is 0.0331. The highest BCUT2D eigenvalue weighted by molar-refractivity contribution is 6.09. The first-order valence-electron chi connectivity index (χ1n) is 10.8. The number of benzene rings is 2. The highest BCUT2D eigenvalue weighted by atomic mass is 16.1. The standard InChI is InChI=1S/C25H29N5O/c1-18(20-12-9-13-21(16-20)23(31)19-10-5-4-6-11-19)22-17-26-24(27-22)28-25(29(2)3)30-14-7-8-15-30/h4-6,9-13,16-18H,7-8,14-15H2,1-3H3,(H,26,27)/b28-25+. The van der Waals surface area contributed by atoms with Crippen LogP contribution < -0.4 is 0 Å². The summed E-state index contributed by atoms with van der Waals surface area (Å²) in [6, 6.07) is 17.2. The molecule has 0 spiro atoms. The van der Waals surface area contributed by atoms with Crippen molar-refractivity contribution in [2.75, 3.05) is 27.2 Å². The number of guanidine groups is 1. The molecule has 6 nitrogen and oxygen atoms in total. The first-order chi connectivity index (χ1) is 15.0. The van der Waals surface area contributed by atoms with Crippen molar-refractivity contribution in [1.29, 1.82) is 0 Å². The molecule has 1 aliphatic rings. The zero-order valence-electron chi connectivity index (χ0n) is 18.4. The van der Waals surface area contributed by atoms with Crippen molar-refractivity contribution in [3.8, 4) is 0 Å². The van der Waals surface area contributed by atoms with Gasteiger partial charge in [-0.2, -0.15) is 4.99 Å². The highest BCUT2D eigenvalue weighted by Gasteiger charge is 2.19. The summed E-state index contributed by atoms with van der Waals surface area (Å²) in [5.41, 5.74) is 3.43. The molecule has 1 N–H and O–H groups in total. The first kappa shape index (κ1) is 20.8. The van der Waals surface area contributed by atoms with E-state index in [9.17, 15) is 4.79 Å². The molecular formula is C25H29N5O. The molecule has 0 radical (unpaired) electrons. The second kappa shape index (κ2) is 9.16. The number of likely N-dealkylation sites (tertiary alicyclic amines) is 1. The van der Waals surface area contributed by atoms with Crippen LogP contribution in [0.15, 0.2) is 65.8 Å². The van der Waals surface area contributed by atoms with Crippen LogP contribution in [0.2, 0.25) is 0 Å². The third-order valence-electron chi connectivity index (χ3n) is 5.73. The van der Waals surface area contributed by atoms with Crippen molar-refractivity contribution in [2.24, 2.45) is 4.99 Å². The van der Waals surface area contributed by atoms with Gasteiger partial charge >= 0.3 is 0 Å². The van der Waals surface area contributed by atoms with E-state index in [4.69, 9.17) is 4.99 Å². The van der Waals surface area contributed by atoms with E-state index in [1.807, 2.05) is 79.8 Å². The Hall–Kier alpha value is -3.41. The lowest BCUT2D eigenvalue weighted by molar-refractivity contribution is 0.103. The lowest BCUT2D eigenvalue weighted by Crippen LogP contribution is -2.38. The number of ketones is 1. The van der Waals surface area contributed by atoms with E-state index in [1.54, 1.807) is 0 Å². The van der Waals surface area contributed by atoms with Gasteiger partial charge in [0.15, 0.2) is 5.78 Å². The average molecular weight is 416 g/mol. The Balaban J connectivity index is 1.55. The smallest absolute Gasteiger partial charge is 0.230 e. The SMILES string of the molecule is CC(c1cccc(C(=O)c2ccccc2)c1)c1cnc(/N=C(\N(C)C)N2CCCC2)[nH]1. The number of hydrogen-bond acceptors (Lipinski definition) is 3. The Bertz CT molecular complexity index is 1060. The summed E-state index contributed by atoms with van der Waals surface area (Å²) in [5.74, 6) is 1.64. The molecule has 0 amide bonds. The Morgan fingerprint density at radius 1 is 1.06 bits per heavy atom. The van der Waals surface area contributed by atoms with Crippen LogP contribution >= 0.6 is 0 Å². The number of hydrogen-bond donors (Lipinski definition) is 1. The largest absolute Gasteiger partial charge is 0.349 e. The molecule has 4 rings (SSSR count). The van der Waals surface area contributed by atoms with Gasteiger partial charge in [-0.3, -0.25) is 4.79 Å². The zero-order chi connectivity index (χ0) is 21.8. The first-order valence-corrected chi connectivity index (χ1v) is 10.8. The van der Waals surface area contributed by atoms with Crippen LogP contribution in [0.3, 0.4) is 0 Å². The Morgan fingerprint density at radius 2 is 1.77 bits per heavy atom. The predicted octanol–water partition coefficient (Wildman–Crippen LogP) is 4.44. The normalized spacial score (nSPS) is 15.2. The third-order valence-corrected chi connectivity index (χ3v) is 5.73. The van der Waals surface area contributed by atoms with E-state index in [0.717, 1.165) is 30.3 Å². The van der Waals surface area contributed by atoms with Crippen LogP contribution in [-0.2, 0) is 0 Å². The molecule has 1 aromatic heterocycles.